The first-order valence-electron chi connectivity index (χ1n) is 6.92. The van der Waals surface area contributed by atoms with E-state index < -0.39 is 0 Å². The number of aryl methyl sites for hydroxylation is 3. The summed E-state index contributed by atoms with van der Waals surface area (Å²) in [6, 6.07) is 9.00. The molecule has 1 aromatic heterocycles. The molecule has 1 heterocycles. The van der Waals surface area contributed by atoms with E-state index in [9.17, 15) is 0 Å². The third kappa shape index (κ3) is 3.41. The van der Waals surface area contributed by atoms with E-state index in [0.717, 1.165) is 29.3 Å². The van der Waals surface area contributed by atoms with Crippen LogP contribution < -0.4 is 5.32 Å². The van der Waals surface area contributed by atoms with Crippen LogP contribution in [0.4, 0.5) is 0 Å². The number of nitrogens with one attached hydrogen (secondary N) is 1. The number of benzene rings is 1. The SMILES string of the molecule is CNC(Cc1cccc(C)c1)Cc1c(Cl)c(C)nn1C. The van der Waals surface area contributed by atoms with Crippen molar-refractivity contribution in [2.75, 3.05) is 7.05 Å². The van der Waals surface area contributed by atoms with Crippen molar-refractivity contribution in [2.24, 2.45) is 7.05 Å². The molecule has 1 aromatic carbocycles. The van der Waals surface area contributed by atoms with Crippen LogP contribution in [-0.4, -0.2) is 22.9 Å². The van der Waals surface area contributed by atoms with E-state index in [-0.39, 0.29) is 0 Å². The van der Waals surface area contributed by atoms with Crippen LogP contribution in [0.1, 0.15) is 22.5 Å². The number of hydrogen-bond donors (Lipinski definition) is 1. The minimum absolute atomic E-state index is 0.351. The predicted octanol–water partition coefficient (Wildman–Crippen LogP) is 3.06. The van der Waals surface area contributed by atoms with E-state index in [4.69, 9.17) is 11.6 Å². The largest absolute Gasteiger partial charge is 0.316 e. The molecule has 1 unspecified atom stereocenters. The summed E-state index contributed by atoms with van der Waals surface area (Å²) in [7, 11) is 3.95. The number of aromatic nitrogens is 2. The average Bonchev–Trinajstić information content (AvgIpc) is 2.64. The van der Waals surface area contributed by atoms with Gasteiger partial charge in [0.05, 0.1) is 16.4 Å². The zero-order valence-corrected chi connectivity index (χ0v) is 13.3. The highest BCUT2D eigenvalue weighted by Gasteiger charge is 2.16. The summed E-state index contributed by atoms with van der Waals surface area (Å²) in [5, 5.41) is 8.55. The first kappa shape index (κ1) is 15.1. The number of nitrogens with zero attached hydrogens (tertiary/aromatic N) is 2. The monoisotopic (exact) mass is 291 g/mol. The molecule has 108 valence electrons. The summed E-state index contributed by atoms with van der Waals surface area (Å²) < 4.78 is 1.89. The molecule has 0 radical (unpaired) electrons. The fourth-order valence-electron chi connectivity index (χ4n) is 2.54. The van der Waals surface area contributed by atoms with Gasteiger partial charge in [-0.25, -0.2) is 0 Å². The number of hydrogen-bond acceptors (Lipinski definition) is 2. The van der Waals surface area contributed by atoms with Crippen LogP contribution in [0.15, 0.2) is 24.3 Å². The van der Waals surface area contributed by atoms with Gasteiger partial charge in [-0.1, -0.05) is 41.4 Å². The molecule has 2 rings (SSSR count). The molecule has 1 N–H and O–H groups in total. The van der Waals surface area contributed by atoms with E-state index in [2.05, 4.69) is 41.6 Å². The van der Waals surface area contributed by atoms with Crippen LogP contribution in [0.2, 0.25) is 5.02 Å². The van der Waals surface area contributed by atoms with Crippen molar-refractivity contribution in [3.05, 3.63) is 51.8 Å². The Morgan fingerprint density at radius 3 is 2.60 bits per heavy atom. The Kier molecular flexibility index (Phi) is 4.84. The molecule has 1 atom stereocenters. The Balaban J connectivity index is 2.13. The van der Waals surface area contributed by atoms with Gasteiger partial charge in [0, 0.05) is 19.5 Å². The van der Waals surface area contributed by atoms with Gasteiger partial charge in [-0.05, 0) is 32.9 Å². The van der Waals surface area contributed by atoms with E-state index in [1.54, 1.807) is 0 Å². The normalized spacial score (nSPS) is 12.7. The lowest BCUT2D eigenvalue weighted by atomic mass is 10.0. The van der Waals surface area contributed by atoms with Crippen LogP contribution in [0, 0.1) is 13.8 Å². The highest BCUT2D eigenvalue weighted by atomic mass is 35.5. The molecular formula is C16H22ClN3. The molecule has 0 spiro atoms. The zero-order chi connectivity index (χ0) is 14.7. The molecule has 0 aliphatic rings. The molecule has 0 saturated heterocycles. The van der Waals surface area contributed by atoms with Crippen molar-refractivity contribution < 1.29 is 0 Å². The van der Waals surface area contributed by atoms with E-state index >= 15 is 0 Å². The van der Waals surface area contributed by atoms with Crippen molar-refractivity contribution in [3.63, 3.8) is 0 Å². The minimum atomic E-state index is 0.351. The van der Waals surface area contributed by atoms with Gasteiger partial charge in [0.15, 0.2) is 0 Å². The Morgan fingerprint density at radius 1 is 1.30 bits per heavy atom. The van der Waals surface area contributed by atoms with Gasteiger partial charge in [0.1, 0.15) is 0 Å². The summed E-state index contributed by atoms with van der Waals surface area (Å²) >= 11 is 6.33. The lowest BCUT2D eigenvalue weighted by molar-refractivity contribution is 0.533. The second-order valence-corrected chi connectivity index (χ2v) is 5.73. The highest BCUT2D eigenvalue weighted by Crippen LogP contribution is 2.21. The Hall–Kier alpha value is -1.32. The minimum Gasteiger partial charge on any atom is -0.316 e. The summed E-state index contributed by atoms with van der Waals surface area (Å²) in [6.07, 6.45) is 1.86. The maximum Gasteiger partial charge on any atom is 0.0847 e. The Bertz CT molecular complexity index is 589. The molecule has 3 nitrogen and oxygen atoms in total. The summed E-state index contributed by atoms with van der Waals surface area (Å²) in [6.45, 7) is 4.07. The van der Waals surface area contributed by atoms with Crippen LogP contribution in [0.5, 0.6) is 0 Å². The number of rotatable bonds is 5. The molecule has 0 aliphatic heterocycles. The third-order valence-electron chi connectivity index (χ3n) is 3.67. The molecule has 0 amide bonds. The standard InChI is InChI=1S/C16H22ClN3/c1-11-6-5-7-13(8-11)9-14(18-3)10-15-16(17)12(2)19-20(15)4/h5-8,14,18H,9-10H2,1-4H3. The lowest BCUT2D eigenvalue weighted by Crippen LogP contribution is -2.30. The van der Waals surface area contributed by atoms with Crippen molar-refractivity contribution in [1.29, 1.82) is 0 Å². The van der Waals surface area contributed by atoms with Crippen molar-refractivity contribution in [2.45, 2.75) is 32.7 Å². The maximum atomic E-state index is 6.33. The average molecular weight is 292 g/mol. The molecule has 0 bridgehead atoms. The van der Waals surface area contributed by atoms with Crippen LogP contribution >= 0.6 is 11.6 Å². The summed E-state index contributed by atoms with van der Waals surface area (Å²) in [5.41, 5.74) is 4.64. The van der Waals surface area contributed by atoms with Crippen LogP contribution in [0.25, 0.3) is 0 Å². The molecule has 2 aromatic rings. The van der Waals surface area contributed by atoms with E-state index in [1.807, 2.05) is 25.7 Å². The first-order chi connectivity index (χ1) is 9.51. The van der Waals surface area contributed by atoms with Gasteiger partial charge in [-0.3, -0.25) is 4.68 Å². The second kappa shape index (κ2) is 6.42. The van der Waals surface area contributed by atoms with Crippen molar-refractivity contribution in [3.8, 4) is 0 Å². The third-order valence-corrected chi connectivity index (χ3v) is 4.17. The zero-order valence-electron chi connectivity index (χ0n) is 12.6. The van der Waals surface area contributed by atoms with Gasteiger partial charge in [0.25, 0.3) is 0 Å². The molecule has 4 heteroatoms. The van der Waals surface area contributed by atoms with Gasteiger partial charge < -0.3 is 5.32 Å². The first-order valence-corrected chi connectivity index (χ1v) is 7.30. The summed E-state index contributed by atoms with van der Waals surface area (Å²) in [5.74, 6) is 0. The molecule has 0 fully saturated rings. The fourth-order valence-corrected chi connectivity index (χ4v) is 2.77. The topological polar surface area (TPSA) is 29.9 Å². The molecule has 0 aliphatic carbocycles. The predicted molar refractivity (Wildman–Crippen MR) is 84.4 cm³/mol. The van der Waals surface area contributed by atoms with Crippen molar-refractivity contribution >= 4 is 11.6 Å². The van der Waals surface area contributed by atoms with Crippen molar-refractivity contribution in [1.82, 2.24) is 15.1 Å². The van der Waals surface area contributed by atoms with E-state index in [0.29, 0.717) is 6.04 Å². The smallest absolute Gasteiger partial charge is 0.0847 e. The van der Waals surface area contributed by atoms with Crippen LogP contribution in [-0.2, 0) is 19.9 Å². The number of halogens is 1. The fraction of sp³-hybridized carbons (Fsp3) is 0.438. The quantitative estimate of drug-likeness (QED) is 0.917. The van der Waals surface area contributed by atoms with Gasteiger partial charge in [0.2, 0.25) is 0 Å². The highest BCUT2D eigenvalue weighted by molar-refractivity contribution is 6.31. The summed E-state index contributed by atoms with van der Waals surface area (Å²) in [4.78, 5) is 0. The molecular weight excluding hydrogens is 270 g/mol. The molecule has 0 saturated carbocycles. The van der Waals surface area contributed by atoms with Crippen LogP contribution in [0.3, 0.4) is 0 Å². The Morgan fingerprint density at radius 2 is 2.05 bits per heavy atom. The van der Waals surface area contributed by atoms with Gasteiger partial charge in [-0.2, -0.15) is 5.10 Å². The lowest BCUT2D eigenvalue weighted by Gasteiger charge is -2.17. The van der Waals surface area contributed by atoms with E-state index in [1.165, 1.54) is 11.1 Å². The van der Waals surface area contributed by atoms with Gasteiger partial charge in [-0.15, -0.1) is 0 Å². The van der Waals surface area contributed by atoms with Gasteiger partial charge >= 0.3 is 0 Å². The second-order valence-electron chi connectivity index (χ2n) is 5.35. The number of likely N-dealkylation sites (N-methyl/N-ethyl adjacent to an activating group) is 1. The molecule has 20 heavy (non-hydrogen) atoms. The maximum absolute atomic E-state index is 6.33. The Labute approximate surface area is 126 Å².